The third-order valence-corrected chi connectivity index (χ3v) is 3.24. The van der Waals surface area contributed by atoms with Crippen LogP contribution in [-0.2, 0) is 0 Å². The minimum absolute atomic E-state index is 0.0830. The van der Waals surface area contributed by atoms with Gasteiger partial charge in [0.2, 0.25) is 0 Å². The maximum atomic E-state index is 12.2. The molecule has 0 unspecified atom stereocenters. The first-order valence-electron chi connectivity index (χ1n) is 6.42. The highest BCUT2D eigenvalue weighted by Crippen LogP contribution is 2.21. The second-order valence-corrected chi connectivity index (χ2v) is 4.67. The minimum atomic E-state index is -0.306. The summed E-state index contributed by atoms with van der Waals surface area (Å²) in [7, 11) is 0. The molecule has 0 aliphatic heterocycles. The van der Waals surface area contributed by atoms with Crippen LogP contribution >= 0.6 is 0 Å². The maximum absolute atomic E-state index is 12.2. The average Bonchev–Trinajstić information content (AvgIpc) is 2.49. The van der Waals surface area contributed by atoms with Crippen LogP contribution in [0, 0.1) is 6.92 Å². The van der Waals surface area contributed by atoms with E-state index in [4.69, 9.17) is 5.21 Å². The first-order valence-corrected chi connectivity index (χ1v) is 6.42. The Bertz CT molecular complexity index is 708. The number of carbonyl (C=O) groups is 1. The topological polar surface area (TPSA) is 81.9 Å². The summed E-state index contributed by atoms with van der Waals surface area (Å²) in [6, 6.07) is 11.8. The van der Waals surface area contributed by atoms with Gasteiger partial charge in [-0.15, -0.1) is 0 Å². The van der Waals surface area contributed by atoms with E-state index in [1.54, 1.807) is 50.2 Å². The first-order chi connectivity index (χ1) is 10.0. The van der Waals surface area contributed by atoms with Gasteiger partial charge in [-0.05, 0) is 38.1 Å². The molecule has 0 saturated heterocycles. The molecule has 3 N–H and O–H groups in total. The lowest BCUT2D eigenvalue weighted by atomic mass is 10.1. The Labute approximate surface area is 122 Å². The number of rotatable bonds is 3. The number of anilines is 1. The van der Waals surface area contributed by atoms with Crippen LogP contribution < -0.4 is 5.32 Å². The van der Waals surface area contributed by atoms with Gasteiger partial charge in [0.15, 0.2) is 0 Å². The lowest BCUT2D eigenvalue weighted by Gasteiger charge is -2.09. The van der Waals surface area contributed by atoms with Crippen LogP contribution in [0.4, 0.5) is 5.69 Å². The monoisotopic (exact) mass is 284 g/mol. The third-order valence-electron chi connectivity index (χ3n) is 3.24. The molecule has 2 rings (SSSR count). The van der Waals surface area contributed by atoms with Crippen molar-refractivity contribution < 1.29 is 15.1 Å². The molecule has 1 amide bonds. The Morgan fingerprint density at radius 1 is 1.19 bits per heavy atom. The number of benzene rings is 2. The Balaban J connectivity index is 2.26. The van der Waals surface area contributed by atoms with Crippen LogP contribution in [-0.4, -0.2) is 21.9 Å². The van der Waals surface area contributed by atoms with Crippen molar-refractivity contribution in [3.63, 3.8) is 0 Å². The van der Waals surface area contributed by atoms with Gasteiger partial charge in [-0.3, -0.25) is 4.79 Å². The summed E-state index contributed by atoms with van der Waals surface area (Å²) in [5.41, 5.74) is 2.69. The SMILES string of the molecule is C/C(=N/O)c1cccc(NC(=O)c2cccc(O)c2C)c1. The van der Waals surface area contributed by atoms with Gasteiger partial charge in [-0.25, -0.2) is 0 Å². The van der Waals surface area contributed by atoms with Crippen molar-refractivity contribution in [2.24, 2.45) is 5.16 Å². The Morgan fingerprint density at radius 3 is 2.62 bits per heavy atom. The molecular formula is C16H16N2O3. The van der Waals surface area contributed by atoms with Gasteiger partial charge in [0.1, 0.15) is 5.75 Å². The zero-order valence-electron chi connectivity index (χ0n) is 11.8. The second-order valence-electron chi connectivity index (χ2n) is 4.67. The summed E-state index contributed by atoms with van der Waals surface area (Å²) in [5, 5.41) is 24.3. The maximum Gasteiger partial charge on any atom is 0.256 e. The highest BCUT2D eigenvalue weighted by Gasteiger charge is 2.12. The lowest BCUT2D eigenvalue weighted by molar-refractivity contribution is 0.102. The zero-order valence-corrected chi connectivity index (χ0v) is 11.8. The van der Waals surface area contributed by atoms with Gasteiger partial charge >= 0.3 is 0 Å². The van der Waals surface area contributed by atoms with Gasteiger partial charge in [0, 0.05) is 22.4 Å². The molecule has 0 aliphatic carbocycles. The number of hydrogen-bond acceptors (Lipinski definition) is 4. The molecule has 0 atom stereocenters. The predicted molar refractivity (Wildman–Crippen MR) is 81.2 cm³/mol. The van der Waals surface area contributed by atoms with E-state index in [2.05, 4.69) is 10.5 Å². The molecule has 0 radical (unpaired) electrons. The standard InChI is InChI=1S/C16H16N2O3/c1-10-14(7-4-8-15(10)19)16(20)17-13-6-3-5-12(9-13)11(2)18-21/h3-9,19,21H,1-2H3,(H,17,20)/b18-11-. The summed E-state index contributed by atoms with van der Waals surface area (Å²) < 4.78 is 0. The molecule has 0 fully saturated rings. The van der Waals surface area contributed by atoms with Gasteiger partial charge in [-0.2, -0.15) is 0 Å². The molecule has 2 aromatic carbocycles. The highest BCUT2D eigenvalue weighted by molar-refractivity contribution is 6.06. The molecule has 5 nitrogen and oxygen atoms in total. The molecule has 2 aromatic rings. The lowest BCUT2D eigenvalue weighted by Crippen LogP contribution is -2.13. The fraction of sp³-hybridized carbons (Fsp3) is 0.125. The number of hydrogen-bond donors (Lipinski definition) is 3. The fourth-order valence-corrected chi connectivity index (χ4v) is 1.95. The van der Waals surface area contributed by atoms with Crippen molar-refractivity contribution in [1.29, 1.82) is 0 Å². The van der Waals surface area contributed by atoms with Gasteiger partial charge < -0.3 is 15.6 Å². The van der Waals surface area contributed by atoms with E-state index in [0.717, 1.165) is 0 Å². The van der Waals surface area contributed by atoms with Gasteiger partial charge in [0.25, 0.3) is 5.91 Å². The Morgan fingerprint density at radius 2 is 1.90 bits per heavy atom. The molecule has 21 heavy (non-hydrogen) atoms. The zero-order chi connectivity index (χ0) is 15.4. The fourth-order valence-electron chi connectivity index (χ4n) is 1.95. The summed E-state index contributed by atoms with van der Waals surface area (Å²) >= 11 is 0. The number of phenols is 1. The van der Waals surface area contributed by atoms with Crippen molar-refractivity contribution in [2.75, 3.05) is 5.32 Å². The number of carbonyl (C=O) groups excluding carboxylic acids is 1. The molecule has 108 valence electrons. The summed E-state index contributed by atoms with van der Waals surface area (Å²) in [4.78, 5) is 12.2. The average molecular weight is 284 g/mol. The van der Waals surface area contributed by atoms with Crippen molar-refractivity contribution >= 4 is 17.3 Å². The molecular weight excluding hydrogens is 268 g/mol. The van der Waals surface area contributed by atoms with E-state index in [1.165, 1.54) is 6.07 Å². The van der Waals surface area contributed by atoms with E-state index in [0.29, 0.717) is 28.1 Å². The van der Waals surface area contributed by atoms with Crippen LogP contribution in [0.15, 0.2) is 47.6 Å². The van der Waals surface area contributed by atoms with E-state index in [9.17, 15) is 9.90 Å². The summed E-state index contributed by atoms with van der Waals surface area (Å²) in [6.07, 6.45) is 0. The second kappa shape index (κ2) is 6.09. The normalized spacial score (nSPS) is 11.2. The Hall–Kier alpha value is -2.82. The number of amides is 1. The molecule has 0 spiro atoms. The van der Waals surface area contributed by atoms with Crippen molar-refractivity contribution in [3.8, 4) is 5.75 Å². The highest BCUT2D eigenvalue weighted by atomic mass is 16.4. The van der Waals surface area contributed by atoms with Crippen molar-refractivity contribution in [1.82, 2.24) is 0 Å². The van der Waals surface area contributed by atoms with Crippen LogP contribution in [0.2, 0.25) is 0 Å². The quantitative estimate of drug-likeness (QED) is 0.460. The van der Waals surface area contributed by atoms with E-state index < -0.39 is 0 Å². The first kappa shape index (κ1) is 14.6. The number of oxime groups is 1. The van der Waals surface area contributed by atoms with Crippen LogP contribution in [0.25, 0.3) is 0 Å². The molecule has 0 saturated carbocycles. The number of nitrogens with one attached hydrogen (secondary N) is 1. The summed E-state index contributed by atoms with van der Waals surface area (Å²) in [5.74, 6) is -0.223. The van der Waals surface area contributed by atoms with Gasteiger partial charge in [0.05, 0.1) is 5.71 Å². The van der Waals surface area contributed by atoms with Gasteiger partial charge in [-0.1, -0.05) is 23.4 Å². The Kier molecular flexibility index (Phi) is 4.23. The number of phenolic OH excluding ortho intramolecular Hbond substituents is 1. The third kappa shape index (κ3) is 3.20. The molecule has 0 bridgehead atoms. The molecule has 5 heteroatoms. The number of nitrogens with zero attached hydrogens (tertiary/aromatic N) is 1. The number of aromatic hydroxyl groups is 1. The minimum Gasteiger partial charge on any atom is -0.508 e. The van der Waals surface area contributed by atoms with E-state index >= 15 is 0 Å². The molecule has 0 heterocycles. The van der Waals surface area contributed by atoms with Crippen molar-refractivity contribution in [3.05, 3.63) is 59.2 Å². The van der Waals surface area contributed by atoms with Crippen LogP contribution in [0.5, 0.6) is 5.75 Å². The van der Waals surface area contributed by atoms with Crippen LogP contribution in [0.3, 0.4) is 0 Å². The van der Waals surface area contributed by atoms with E-state index in [1.807, 2.05) is 0 Å². The molecule has 0 aliphatic rings. The largest absolute Gasteiger partial charge is 0.508 e. The predicted octanol–water partition coefficient (Wildman–Crippen LogP) is 3.15. The van der Waals surface area contributed by atoms with Crippen LogP contribution in [0.1, 0.15) is 28.4 Å². The smallest absolute Gasteiger partial charge is 0.256 e. The van der Waals surface area contributed by atoms with E-state index in [-0.39, 0.29) is 11.7 Å². The van der Waals surface area contributed by atoms with Crippen molar-refractivity contribution in [2.45, 2.75) is 13.8 Å². The molecule has 0 aromatic heterocycles. The summed E-state index contributed by atoms with van der Waals surface area (Å²) in [6.45, 7) is 3.35.